The highest BCUT2D eigenvalue weighted by Crippen LogP contribution is 2.32. The third-order valence-electron chi connectivity index (χ3n) is 3.94. The average molecular weight is 307 g/mol. The molecule has 6 nitrogen and oxygen atoms in total. The molecule has 22 heavy (non-hydrogen) atoms. The van der Waals surface area contributed by atoms with E-state index in [0.29, 0.717) is 37.2 Å². The molecule has 3 rings (SSSR count). The molecule has 2 N–H and O–H groups in total. The third kappa shape index (κ3) is 3.10. The minimum atomic E-state index is -0.307. The van der Waals surface area contributed by atoms with Crippen molar-refractivity contribution in [3.63, 3.8) is 0 Å². The number of halogens is 1. The van der Waals surface area contributed by atoms with E-state index in [0.717, 1.165) is 12.8 Å². The van der Waals surface area contributed by atoms with Gasteiger partial charge in [-0.05, 0) is 37.1 Å². The minimum Gasteiger partial charge on any atom is -0.485 e. The molecule has 1 aliphatic rings. The molecule has 0 spiro atoms. The zero-order chi connectivity index (χ0) is 15.4. The van der Waals surface area contributed by atoms with Crippen LogP contribution >= 0.6 is 0 Å². The van der Waals surface area contributed by atoms with Gasteiger partial charge in [-0.15, -0.1) is 0 Å². The van der Waals surface area contributed by atoms with Gasteiger partial charge in [-0.1, -0.05) is 5.16 Å². The molecule has 0 bridgehead atoms. The van der Waals surface area contributed by atoms with Gasteiger partial charge in [-0.2, -0.15) is 4.98 Å². The smallest absolute Gasteiger partial charge is 0.234 e. The summed E-state index contributed by atoms with van der Waals surface area (Å²) in [5.74, 6) is 1.22. The quantitative estimate of drug-likeness (QED) is 0.907. The van der Waals surface area contributed by atoms with Gasteiger partial charge in [-0.3, -0.25) is 0 Å². The Morgan fingerprint density at radius 1 is 1.23 bits per heavy atom. The number of hydrogen-bond donors (Lipinski definition) is 1. The van der Waals surface area contributed by atoms with Crippen molar-refractivity contribution in [2.75, 3.05) is 19.8 Å². The van der Waals surface area contributed by atoms with E-state index in [4.69, 9.17) is 19.7 Å². The van der Waals surface area contributed by atoms with Gasteiger partial charge in [0.05, 0.1) is 5.41 Å². The fraction of sp³-hybridized carbons (Fsp3) is 0.467. The van der Waals surface area contributed by atoms with Gasteiger partial charge in [0.25, 0.3) is 0 Å². The fourth-order valence-corrected chi connectivity index (χ4v) is 2.47. The van der Waals surface area contributed by atoms with Crippen LogP contribution in [-0.4, -0.2) is 29.9 Å². The molecule has 7 heteroatoms. The van der Waals surface area contributed by atoms with Gasteiger partial charge in [0, 0.05) is 19.8 Å². The molecule has 2 heterocycles. The summed E-state index contributed by atoms with van der Waals surface area (Å²) in [5, 5.41) is 3.94. The Balaban J connectivity index is 1.66. The van der Waals surface area contributed by atoms with Gasteiger partial charge in [0.15, 0.2) is 6.61 Å². The Bertz CT molecular complexity index is 609. The number of ether oxygens (including phenoxy) is 2. The van der Waals surface area contributed by atoms with Crippen molar-refractivity contribution in [1.29, 1.82) is 0 Å². The highest BCUT2D eigenvalue weighted by Gasteiger charge is 2.38. The summed E-state index contributed by atoms with van der Waals surface area (Å²) in [7, 11) is 0. The van der Waals surface area contributed by atoms with Crippen LogP contribution in [0.4, 0.5) is 4.39 Å². The van der Waals surface area contributed by atoms with Crippen LogP contribution < -0.4 is 10.5 Å². The third-order valence-corrected chi connectivity index (χ3v) is 3.94. The molecule has 1 saturated heterocycles. The summed E-state index contributed by atoms with van der Waals surface area (Å²) < 4.78 is 29.1. The molecule has 0 saturated carbocycles. The van der Waals surface area contributed by atoms with Crippen molar-refractivity contribution >= 4 is 0 Å². The van der Waals surface area contributed by atoms with Gasteiger partial charge >= 0.3 is 0 Å². The first-order valence-corrected chi connectivity index (χ1v) is 7.21. The van der Waals surface area contributed by atoms with E-state index < -0.39 is 0 Å². The number of hydrogen-bond acceptors (Lipinski definition) is 6. The number of nitrogens with two attached hydrogens (primary N) is 1. The Morgan fingerprint density at radius 2 is 1.95 bits per heavy atom. The summed E-state index contributed by atoms with van der Waals surface area (Å²) in [4.78, 5) is 4.40. The Hall–Kier alpha value is -1.99. The number of aromatic nitrogens is 2. The van der Waals surface area contributed by atoms with Crippen molar-refractivity contribution in [2.45, 2.75) is 24.9 Å². The standard InChI is InChI=1S/C15H18FN3O3/c16-11-1-3-12(4-2-11)21-9-13-18-14(22-19-13)15(10-17)5-7-20-8-6-15/h1-4H,5-10,17H2. The van der Waals surface area contributed by atoms with Crippen molar-refractivity contribution in [3.8, 4) is 5.75 Å². The first-order valence-electron chi connectivity index (χ1n) is 7.21. The van der Waals surface area contributed by atoms with Crippen molar-refractivity contribution < 1.29 is 18.4 Å². The predicted octanol–water partition coefficient (Wildman–Crippen LogP) is 1.79. The lowest BCUT2D eigenvalue weighted by atomic mass is 9.80. The maximum Gasteiger partial charge on any atom is 0.234 e. The second-order valence-electron chi connectivity index (χ2n) is 5.36. The maximum atomic E-state index is 12.8. The molecule has 0 aliphatic carbocycles. The SMILES string of the molecule is NCC1(c2nc(COc3ccc(F)cc3)no2)CCOCC1. The largest absolute Gasteiger partial charge is 0.485 e. The fourth-order valence-electron chi connectivity index (χ4n) is 2.47. The summed E-state index contributed by atoms with van der Waals surface area (Å²) in [6.45, 7) is 1.88. The zero-order valence-electron chi connectivity index (χ0n) is 12.1. The van der Waals surface area contributed by atoms with E-state index in [-0.39, 0.29) is 17.8 Å². The van der Waals surface area contributed by atoms with Gasteiger partial charge in [0.1, 0.15) is 11.6 Å². The van der Waals surface area contributed by atoms with E-state index in [9.17, 15) is 4.39 Å². The molecule has 2 aromatic rings. The van der Waals surface area contributed by atoms with Crippen LogP contribution in [0.2, 0.25) is 0 Å². The van der Waals surface area contributed by atoms with E-state index in [2.05, 4.69) is 10.1 Å². The lowest BCUT2D eigenvalue weighted by molar-refractivity contribution is 0.0409. The van der Waals surface area contributed by atoms with Gasteiger partial charge in [-0.25, -0.2) is 4.39 Å². The molecule has 118 valence electrons. The minimum absolute atomic E-state index is 0.159. The van der Waals surface area contributed by atoms with Gasteiger partial charge < -0.3 is 19.7 Å². The number of benzene rings is 1. The molecule has 0 atom stereocenters. The first-order chi connectivity index (χ1) is 10.7. The van der Waals surface area contributed by atoms with Crippen LogP contribution in [0.15, 0.2) is 28.8 Å². The molecule has 1 aliphatic heterocycles. The summed E-state index contributed by atoms with van der Waals surface area (Å²) in [6.07, 6.45) is 1.54. The number of rotatable bonds is 5. The monoisotopic (exact) mass is 307 g/mol. The normalized spacial score (nSPS) is 17.4. The van der Waals surface area contributed by atoms with Crippen LogP contribution in [-0.2, 0) is 16.8 Å². The summed E-state index contributed by atoms with van der Waals surface area (Å²) in [6, 6.07) is 5.78. The van der Waals surface area contributed by atoms with Crippen molar-refractivity contribution in [1.82, 2.24) is 10.1 Å². The van der Waals surface area contributed by atoms with E-state index in [1.54, 1.807) is 12.1 Å². The first kappa shape index (κ1) is 14.9. The molecule has 1 fully saturated rings. The molecule has 0 amide bonds. The molecule has 1 aromatic carbocycles. The lowest BCUT2D eigenvalue weighted by Gasteiger charge is -2.32. The second kappa shape index (κ2) is 6.41. The van der Waals surface area contributed by atoms with Crippen LogP contribution in [0.3, 0.4) is 0 Å². The predicted molar refractivity (Wildman–Crippen MR) is 75.8 cm³/mol. The Labute approximate surface area is 127 Å². The Kier molecular flexibility index (Phi) is 4.35. The molecular weight excluding hydrogens is 289 g/mol. The van der Waals surface area contributed by atoms with Crippen LogP contribution in [0.25, 0.3) is 0 Å². The summed E-state index contributed by atoms with van der Waals surface area (Å²) >= 11 is 0. The number of nitrogens with zero attached hydrogens (tertiary/aromatic N) is 2. The molecule has 0 radical (unpaired) electrons. The Morgan fingerprint density at radius 3 is 2.64 bits per heavy atom. The topological polar surface area (TPSA) is 83.4 Å². The molecule has 0 unspecified atom stereocenters. The average Bonchev–Trinajstić information content (AvgIpc) is 3.04. The van der Waals surface area contributed by atoms with E-state index in [1.165, 1.54) is 12.1 Å². The van der Waals surface area contributed by atoms with Gasteiger partial charge in [0.2, 0.25) is 11.7 Å². The van der Waals surface area contributed by atoms with Crippen LogP contribution in [0, 0.1) is 5.82 Å². The van der Waals surface area contributed by atoms with Crippen molar-refractivity contribution in [3.05, 3.63) is 41.8 Å². The van der Waals surface area contributed by atoms with E-state index in [1.807, 2.05) is 0 Å². The maximum absolute atomic E-state index is 12.8. The molecular formula is C15H18FN3O3. The van der Waals surface area contributed by atoms with Crippen LogP contribution in [0.5, 0.6) is 5.75 Å². The highest BCUT2D eigenvalue weighted by atomic mass is 19.1. The lowest BCUT2D eigenvalue weighted by Crippen LogP contribution is -2.40. The van der Waals surface area contributed by atoms with E-state index >= 15 is 0 Å². The summed E-state index contributed by atoms with van der Waals surface area (Å²) in [5.41, 5.74) is 5.60. The van der Waals surface area contributed by atoms with Crippen LogP contribution in [0.1, 0.15) is 24.6 Å². The molecule has 1 aromatic heterocycles. The van der Waals surface area contributed by atoms with Crippen molar-refractivity contribution in [2.24, 2.45) is 5.73 Å². The zero-order valence-corrected chi connectivity index (χ0v) is 12.1. The highest BCUT2D eigenvalue weighted by molar-refractivity contribution is 5.22. The second-order valence-corrected chi connectivity index (χ2v) is 5.36.